The summed E-state index contributed by atoms with van der Waals surface area (Å²) in [6.45, 7) is 0. The maximum absolute atomic E-state index is 12.7. The predicted octanol–water partition coefficient (Wildman–Crippen LogP) is 3.92. The van der Waals surface area contributed by atoms with E-state index in [1.165, 1.54) is 0 Å². The van der Waals surface area contributed by atoms with E-state index in [9.17, 15) is 18.0 Å². The van der Waals surface area contributed by atoms with Gasteiger partial charge in [0.1, 0.15) is 28.4 Å². The molecule has 0 amide bonds. The van der Waals surface area contributed by atoms with E-state index in [0.717, 1.165) is 81.6 Å². The van der Waals surface area contributed by atoms with Crippen molar-refractivity contribution in [2.75, 3.05) is 5.75 Å². The van der Waals surface area contributed by atoms with E-state index in [4.69, 9.17) is 0 Å². The lowest BCUT2D eigenvalue weighted by Crippen LogP contribution is -2.32. The van der Waals surface area contributed by atoms with E-state index in [0.29, 0.717) is 28.9 Å². The molecule has 1 unspecified atom stereocenters. The highest BCUT2D eigenvalue weighted by Crippen LogP contribution is 2.47. The highest BCUT2D eigenvalue weighted by atomic mass is 32.2. The lowest BCUT2D eigenvalue weighted by molar-refractivity contribution is -0.116. The molecular formula is C24H19N5O4S3. The molecule has 1 aliphatic carbocycles. The van der Waals surface area contributed by atoms with Gasteiger partial charge in [-0.05, 0) is 48.7 Å². The van der Waals surface area contributed by atoms with Crippen molar-refractivity contribution in [2.24, 2.45) is 0 Å². The number of nitrogens with one attached hydrogen (secondary N) is 1. The van der Waals surface area contributed by atoms with E-state index in [-0.39, 0.29) is 11.5 Å². The van der Waals surface area contributed by atoms with Crippen molar-refractivity contribution >= 4 is 67.4 Å². The van der Waals surface area contributed by atoms with Crippen molar-refractivity contribution in [1.82, 2.24) is 22.8 Å². The fourth-order valence-electron chi connectivity index (χ4n) is 4.95. The number of Topliss-reactive ketones (excluding diaryl/α,β-unsaturated/α-hetero) is 1. The lowest BCUT2D eigenvalue weighted by atomic mass is 9.79. The third-order valence-corrected chi connectivity index (χ3v) is 9.59. The van der Waals surface area contributed by atoms with Crippen LogP contribution in [0.2, 0.25) is 0 Å². The second kappa shape index (κ2) is 8.95. The Morgan fingerprint density at radius 3 is 2.31 bits per heavy atom. The fourth-order valence-corrected chi connectivity index (χ4v) is 7.82. The highest BCUT2D eigenvalue weighted by molar-refractivity contribution is 7.95. The molecule has 1 atom stereocenters. The van der Waals surface area contributed by atoms with Crippen molar-refractivity contribution in [2.45, 2.75) is 31.6 Å². The third-order valence-electron chi connectivity index (χ3n) is 6.59. The van der Waals surface area contributed by atoms with Crippen molar-refractivity contribution in [3.05, 3.63) is 69.4 Å². The zero-order valence-corrected chi connectivity index (χ0v) is 21.3. The molecule has 182 valence electrons. The zero-order chi connectivity index (χ0) is 24.9. The number of allylic oxidation sites excluding steroid dienone is 4. The number of carbonyl (C=O) groups excluding carboxylic acids is 2. The van der Waals surface area contributed by atoms with Crippen LogP contribution < -0.4 is 5.32 Å². The minimum atomic E-state index is -3.36. The summed E-state index contributed by atoms with van der Waals surface area (Å²) >= 11 is 2.29. The minimum absolute atomic E-state index is 0.0453. The van der Waals surface area contributed by atoms with Crippen molar-refractivity contribution in [3.8, 4) is 0 Å². The summed E-state index contributed by atoms with van der Waals surface area (Å²) in [5, 5.41) is 3.27. The molecule has 0 saturated carbocycles. The fraction of sp³-hybridized carbons (Fsp3) is 0.250. The summed E-state index contributed by atoms with van der Waals surface area (Å²) in [6, 6.07) is 10.9. The number of hydrogen-bond donors (Lipinski definition) is 1. The summed E-state index contributed by atoms with van der Waals surface area (Å²) in [5.41, 5.74) is 6.90. The van der Waals surface area contributed by atoms with Crippen molar-refractivity contribution < 1.29 is 18.0 Å². The number of carbonyl (C=O) groups is 2. The molecule has 4 heterocycles. The number of nitrogens with zero attached hydrogens (tertiary/aromatic N) is 4. The first kappa shape index (κ1) is 23.1. The van der Waals surface area contributed by atoms with Crippen LogP contribution in [0.1, 0.15) is 47.5 Å². The van der Waals surface area contributed by atoms with E-state index in [1.807, 2.05) is 18.2 Å². The summed E-state index contributed by atoms with van der Waals surface area (Å²) in [7, 11) is -3.36. The van der Waals surface area contributed by atoms with Gasteiger partial charge in [-0.2, -0.15) is 17.5 Å². The van der Waals surface area contributed by atoms with Gasteiger partial charge in [-0.15, -0.1) is 0 Å². The van der Waals surface area contributed by atoms with Crippen molar-refractivity contribution in [1.29, 1.82) is 0 Å². The molecule has 1 N–H and O–H groups in total. The van der Waals surface area contributed by atoms with Crippen LogP contribution in [0.25, 0.3) is 22.1 Å². The van der Waals surface area contributed by atoms with Gasteiger partial charge in [0, 0.05) is 35.4 Å². The number of sulfone groups is 1. The van der Waals surface area contributed by atoms with Gasteiger partial charge in [0.05, 0.1) is 40.0 Å². The van der Waals surface area contributed by atoms with Crippen LogP contribution >= 0.6 is 23.5 Å². The Labute approximate surface area is 214 Å². The maximum Gasteiger partial charge on any atom is 0.177 e. The van der Waals surface area contributed by atoms with Gasteiger partial charge in [-0.3, -0.25) is 9.59 Å². The quantitative estimate of drug-likeness (QED) is 0.378. The van der Waals surface area contributed by atoms with E-state index in [1.54, 1.807) is 18.2 Å². The smallest absolute Gasteiger partial charge is 0.177 e. The first-order valence-corrected chi connectivity index (χ1v) is 14.4. The molecule has 3 aliphatic rings. The van der Waals surface area contributed by atoms with Crippen LogP contribution in [0, 0.1) is 0 Å². The normalized spacial score (nSPS) is 20.6. The SMILES string of the molecule is O=C1CCCC2=C1C(c1ccc3nsnc3c1)C1=C(CCS1(=O)=O)N2.O=Cc1ccc2nsnc2c1. The first-order chi connectivity index (χ1) is 17.4. The molecule has 2 aliphatic heterocycles. The Hall–Kier alpha value is -3.35. The van der Waals surface area contributed by atoms with Gasteiger partial charge < -0.3 is 5.32 Å². The number of aromatic nitrogens is 4. The molecule has 0 saturated heterocycles. The molecule has 7 rings (SSSR count). The zero-order valence-electron chi connectivity index (χ0n) is 18.8. The van der Waals surface area contributed by atoms with Crippen LogP contribution in [-0.4, -0.2) is 43.7 Å². The minimum Gasteiger partial charge on any atom is -0.361 e. The monoisotopic (exact) mass is 537 g/mol. The number of dihydropyridines is 1. The summed E-state index contributed by atoms with van der Waals surface area (Å²) in [5.74, 6) is -0.363. The molecule has 36 heavy (non-hydrogen) atoms. The van der Waals surface area contributed by atoms with Gasteiger partial charge in [0.2, 0.25) is 0 Å². The van der Waals surface area contributed by atoms with E-state index in [2.05, 4.69) is 22.8 Å². The molecule has 0 fully saturated rings. The Bertz CT molecular complexity index is 1720. The average Bonchev–Trinajstić information content (AvgIpc) is 3.61. The maximum atomic E-state index is 12.7. The highest BCUT2D eigenvalue weighted by Gasteiger charge is 2.44. The molecule has 2 aromatic heterocycles. The van der Waals surface area contributed by atoms with E-state index < -0.39 is 15.8 Å². The van der Waals surface area contributed by atoms with Crippen LogP contribution in [0.15, 0.2) is 58.3 Å². The lowest BCUT2D eigenvalue weighted by Gasteiger charge is -2.33. The molecular weight excluding hydrogens is 518 g/mol. The number of rotatable bonds is 2. The second-order valence-electron chi connectivity index (χ2n) is 8.78. The van der Waals surface area contributed by atoms with Crippen molar-refractivity contribution in [3.63, 3.8) is 0 Å². The Morgan fingerprint density at radius 2 is 1.56 bits per heavy atom. The molecule has 12 heteroatoms. The molecule has 4 aromatic rings. The Balaban J connectivity index is 0.000000183. The summed E-state index contributed by atoms with van der Waals surface area (Å²) in [6.07, 6.45) is 3.36. The Morgan fingerprint density at radius 1 is 0.861 bits per heavy atom. The van der Waals surface area contributed by atoms with Gasteiger partial charge in [-0.1, -0.05) is 6.07 Å². The van der Waals surface area contributed by atoms with Gasteiger partial charge >= 0.3 is 0 Å². The molecule has 0 bridgehead atoms. The molecule has 0 radical (unpaired) electrons. The van der Waals surface area contributed by atoms with E-state index >= 15 is 0 Å². The third kappa shape index (κ3) is 3.94. The molecule has 0 spiro atoms. The summed E-state index contributed by atoms with van der Waals surface area (Å²) < 4.78 is 41.9. The molecule has 2 aromatic carbocycles. The topological polar surface area (TPSA) is 132 Å². The number of benzene rings is 2. The number of fused-ring (bicyclic) bond motifs is 2. The largest absolute Gasteiger partial charge is 0.361 e. The van der Waals surface area contributed by atoms with Gasteiger partial charge in [0.25, 0.3) is 0 Å². The van der Waals surface area contributed by atoms with Gasteiger partial charge in [0.15, 0.2) is 15.6 Å². The Kier molecular flexibility index (Phi) is 5.73. The van der Waals surface area contributed by atoms with Crippen LogP contribution in [0.4, 0.5) is 0 Å². The first-order valence-electron chi connectivity index (χ1n) is 11.3. The average molecular weight is 538 g/mol. The molecule has 9 nitrogen and oxygen atoms in total. The predicted molar refractivity (Wildman–Crippen MR) is 137 cm³/mol. The van der Waals surface area contributed by atoms with Crippen LogP contribution in [0.5, 0.6) is 0 Å². The van der Waals surface area contributed by atoms with Crippen LogP contribution in [-0.2, 0) is 14.6 Å². The standard InChI is InChI=1S/C17H15N3O3S2.C7H4N2OS/c21-14-3-1-2-11-16(14)15(17-12(18-11)6-7-25(17,22)23)9-4-5-10-13(8-9)20-24-19-10;10-4-5-1-2-6-7(3-5)9-11-8-6/h4-5,8,15,18H,1-3,6-7H2;1-4H. The van der Waals surface area contributed by atoms with Gasteiger partial charge in [-0.25, -0.2) is 8.42 Å². The number of ketones is 1. The number of aldehydes is 1. The number of hydrogen-bond acceptors (Lipinski definition) is 11. The van der Waals surface area contributed by atoms with Crippen LogP contribution in [0.3, 0.4) is 0 Å². The summed E-state index contributed by atoms with van der Waals surface area (Å²) in [4.78, 5) is 23.4. The second-order valence-corrected chi connectivity index (χ2v) is 11.9.